The van der Waals surface area contributed by atoms with E-state index in [-0.39, 0.29) is 17.4 Å². The normalized spacial score (nSPS) is 21.9. The van der Waals surface area contributed by atoms with Gasteiger partial charge < -0.3 is 19.2 Å². The molecule has 1 aromatic carbocycles. The summed E-state index contributed by atoms with van der Waals surface area (Å²) in [6, 6.07) is 9.70. The molecular formula is C24H27NO5. The smallest absolute Gasteiger partial charge is 0.296 e. The predicted octanol–water partition coefficient (Wildman–Crippen LogP) is 4.82. The molecule has 0 bridgehead atoms. The van der Waals surface area contributed by atoms with Crippen LogP contribution in [0.15, 0.2) is 52.7 Å². The first-order valence-corrected chi connectivity index (χ1v) is 10.7. The van der Waals surface area contributed by atoms with E-state index in [1.807, 2.05) is 6.92 Å². The summed E-state index contributed by atoms with van der Waals surface area (Å²) in [7, 11) is 0. The number of hydrogen-bond donors (Lipinski definition) is 1. The summed E-state index contributed by atoms with van der Waals surface area (Å²) >= 11 is 0. The number of ketones is 1. The molecule has 1 atom stereocenters. The van der Waals surface area contributed by atoms with E-state index in [1.54, 1.807) is 41.3 Å². The fraction of sp³-hybridized carbons (Fsp3) is 0.417. The summed E-state index contributed by atoms with van der Waals surface area (Å²) in [5.74, 6) is -0.339. The summed E-state index contributed by atoms with van der Waals surface area (Å²) in [5, 5.41) is 11.1. The third-order valence-electron chi connectivity index (χ3n) is 5.84. The predicted molar refractivity (Wildman–Crippen MR) is 112 cm³/mol. The maximum absolute atomic E-state index is 13.1. The summed E-state index contributed by atoms with van der Waals surface area (Å²) in [5.41, 5.74) is 0.523. The third kappa shape index (κ3) is 3.74. The lowest BCUT2D eigenvalue weighted by Gasteiger charge is -2.34. The Morgan fingerprint density at radius 1 is 1.17 bits per heavy atom. The van der Waals surface area contributed by atoms with Crippen molar-refractivity contribution >= 4 is 17.4 Å². The van der Waals surface area contributed by atoms with E-state index in [9.17, 15) is 14.7 Å². The average molecular weight is 409 g/mol. The Morgan fingerprint density at radius 2 is 1.97 bits per heavy atom. The lowest BCUT2D eigenvalue weighted by atomic mass is 9.92. The van der Waals surface area contributed by atoms with Crippen LogP contribution < -0.4 is 4.74 Å². The van der Waals surface area contributed by atoms with Crippen LogP contribution in [-0.2, 0) is 9.59 Å². The van der Waals surface area contributed by atoms with Crippen LogP contribution in [0.1, 0.15) is 62.8 Å². The topological polar surface area (TPSA) is 80.0 Å². The molecule has 6 nitrogen and oxygen atoms in total. The molecule has 1 unspecified atom stereocenters. The van der Waals surface area contributed by atoms with Gasteiger partial charge in [-0.3, -0.25) is 9.59 Å². The molecule has 2 aliphatic rings. The molecule has 30 heavy (non-hydrogen) atoms. The highest BCUT2D eigenvalue weighted by Crippen LogP contribution is 2.43. The van der Waals surface area contributed by atoms with Crippen molar-refractivity contribution < 1.29 is 23.8 Å². The van der Waals surface area contributed by atoms with Gasteiger partial charge in [0.25, 0.3) is 11.7 Å². The van der Waals surface area contributed by atoms with Crippen LogP contribution in [0, 0.1) is 0 Å². The number of carbonyl (C=O) groups is 2. The van der Waals surface area contributed by atoms with Crippen LogP contribution in [0.3, 0.4) is 0 Å². The van der Waals surface area contributed by atoms with Crippen molar-refractivity contribution in [3.63, 3.8) is 0 Å². The van der Waals surface area contributed by atoms with Gasteiger partial charge in [0.1, 0.15) is 23.3 Å². The molecule has 2 fully saturated rings. The van der Waals surface area contributed by atoms with Crippen molar-refractivity contribution in [2.75, 3.05) is 6.61 Å². The van der Waals surface area contributed by atoms with Gasteiger partial charge in [0.05, 0.1) is 18.4 Å². The van der Waals surface area contributed by atoms with Crippen molar-refractivity contribution in [2.24, 2.45) is 0 Å². The molecule has 158 valence electrons. The molecular weight excluding hydrogens is 382 g/mol. The van der Waals surface area contributed by atoms with Crippen molar-refractivity contribution in [1.29, 1.82) is 0 Å². The van der Waals surface area contributed by atoms with E-state index >= 15 is 0 Å². The van der Waals surface area contributed by atoms with Crippen LogP contribution in [0.25, 0.3) is 5.76 Å². The average Bonchev–Trinajstić information content (AvgIpc) is 3.40. The van der Waals surface area contributed by atoms with Crippen molar-refractivity contribution in [1.82, 2.24) is 4.90 Å². The molecule has 1 aliphatic carbocycles. The van der Waals surface area contributed by atoms with E-state index in [0.717, 1.165) is 38.5 Å². The summed E-state index contributed by atoms with van der Waals surface area (Å²) < 4.78 is 11.3. The lowest BCUT2D eigenvalue weighted by Crippen LogP contribution is -2.40. The van der Waals surface area contributed by atoms with Gasteiger partial charge in [-0.1, -0.05) is 38.3 Å². The number of aliphatic hydroxyl groups excluding tert-OH is 1. The Bertz CT molecular complexity index is 940. The number of amides is 1. The highest BCUT2D eigenvalue weighted by atomic mass is 16.5. The number of hydrogen-bond acceptors (Lipinski definition) is 5. The van der Waals surface area contributed by atoms with Gasteiger partial charge >= 0.3 is 0 Å². The Morgan fingerprint density at radius 3 is 2.67 bits per heavy atom. The number of aliphatic hydroxyl groups is 1. The molecule has 2 aromatic rings. The molecule has 1 saturated carbocycles. The molecule has 4 rings (SSSR count). The van der Waals surface area contributed by atoms with Crippen molar-refractivity contribution in [3.05, 3.63) is 59.6 Å². The zero-order valence-electron chi connectivity index (χ0n) is 17.2. The number of Topliss-reactive ketones (excluding diaryl/α,β-unsaturated/α-hetero) is 1. The number of benzene rings is 1. The monoisotopic (exact) mass is 409 g/mol. The van der Waals surface area contributed by atoms with E-state index in [1.165, 1.54) is 6.26 Å². The highest BCUT2D eigenvalue weighted by molar-refractivity contribution is 6.46. The lowest BCUT2D eigenvalue weighted by molar-refractivity contribution is -0.142. The minimum atomic E-state index is -0.719. The zero-order valence-corrected chi connectivity index (χ0v) is 17.2. The van der Waals surface area contributed by atoms with Crippen molar-refractivity contribution in [3.8, 4) is 5.75 Å². The van der Waals surface area contributed by atoms with Gasteiger partial charge in [-0.25, -0.2) is 0 Å². The second kappa shape index (κ2) is 8.78. The number of furan rings is 1. The highest BCUT2D eigenvalue weighted by Gasteiger charge is 2.50. The largest absolute Gasteiger partial charge is 0.507 e. The van der Waals surface area contributed by atoms with Crippen LogP contribution in [0.2, 0.25) is 0 Å². The number of likely N-dealkylation sites (tertiary alicyclic amines) is 1. The molecule has 1 aromatic heterocycles. The Kier molecular flexibility index (Phi) is 5.93. The van der Waals surface area contributed by atoms with E-state index in [4.69, 9.17) is 9.15 Å². The molecule has 2 heterocycles. The second-order valence-corrected chi connectivity index (χ2v) is 7.89. The Labute approximate surface area is 176 Å². The summed E-state index contributed by atoms with van der Waals surface area (Å²) in [6.45, 7) is 2.57. The summed E-state index contributed by atoms with van der Waals surface area (Å²) in [6.07, 6.45) is 7.27. The SMILES string of the molecule is CCCOc1cccc(/C(O)=C2/C(=O)C(=O)N(C3CCCCC3)C2c2ccco2)c1. The van der Waals surface area contributed by atoms with E-state index in [0.29, 0.717) is 23.7 Å². The van der Waals surface area contributed by atoms with E-state index < -0.39 is 17.7 Å². The van der Waals surface area contributed by atoms with Crippen LogP contribution in [0.5, 0.6) is 5.75 Å². The first-order valence-electron chi connectivity index (χ1n) is 10.7. The quantitative estimate of drug-likeness (QED) is 0.420. The number of rotatable bonds is 6. The fourth-order valence-corrected chi connectivity index (χ4v) is 4.42. The maximum Gasteiger partial charge on any atom is 0.296 e. The minimum absolute atomic E-state index is 0.0326. The Hall–Kier alpha value is -3.02. The fourth-order valence-electron chi connectivity index (χ4n) is 4.42. The van der Waals surface area contributed by atoms with Gasteiger partial charge in [-0.05, 0) is 43.5 Å². The van der Waals surface area contributed by atoms with Gasteiger partial charge in [0, 0.05) is 11.6 Å². The number of ether oxygens (including phenoxy) is 1. The molecule has 0 spiro atoms. The third-order valence-corrected chi connectivity index (χ3v) is 5.84. The first-order chi connectivity index (χ1) is 14.6. The van der Waals surface area contributed by atoms with Crippen molar-refractivity contribution in [2.45, 2.75) is 57.5 Å². The standard InChI is InChI=1S/C24H27NO5/c1-2-13-29-18-11-6-8-16(15-18)22(26)20-21(19-12-7-14-30-19)25(24(28)23(20)27)17-9-4-3-5-10-17/h6-8,11-12,14-15,17,21,26H,2-5,9-10,13H2,1H3/b22-20-. The van der Waals surface area contributed by atoms with Gasteiger partial charge in [0.15, 0.2) is 0 Å². The van der Waals surface area contributed by atoms with E-state index in [2.05, 4.69) is 0 Å². The molecule has 0 radical (unpaired) electrons. The second-order valence-electron chi connectivity index (χ2n) is 7.89. The van der Waals surface area contributed by atoms with Gasteiger partial charge in [-0.15, -0.1) is 0 Å². The molecule has 1 N–H and O–H groups in total. The first kappa shape index (κ1) is 20.3. The zero-order chi connectivity index (χ0) is 21.1. The Balaban J connectivity index is 1.78. The molecule has 1 saturated heterocycles. The van der Waals surface area contributed by atoms with Gasteiger partial charge in [-0.2, -0.15) is 0 Å². The van der Waals surface area contributed by atoms with Crippen LogP contribution in [-0.4, -0.2) is 34.3 Å². The number of nitrogens with zero attached hydrogens (tertiary/aromatic N) is 1. The minimum Gasteiger partial charge on any atom is -0.507 e. The molecule has 1 amide bonds. The van der Waals surface area contributed by atoms with Crippen LogP contribution in [0.4, 0.5) is 0 Å². The maximum atomic E-state index is 13.1. The van der Waals surface area contributed by atoms with Crippen LogP contribution >= 0.6 is 0 Å². The van der Waals surface area contributed by atoms with Gasteiger partial charge in [0.2, 0.25) is 0 Å². The molecule has 6 heteroatoms. The molecule has 1 aliphatic heterocycles. The summed E-state index contributed by atoms with van der Waals surface area (Å²) in [4.78, 5) is 27.7. The number of carbonyl (C=O) groups excluding carboxylic acids is 2.